The molecule has 3 rings (SSSR count). The molecule has 0 spiro atoms. The van der Waals surface area contributed by atoms with E-state index in [9.17, 15) is 17.9 Å². The van der Waals surface area contributed by atoms with Crippen LogP contribution in [0.1, 0.15) is 19.4 Å². The third-order valence-corrected chi connectivity index (χ3v) is 6.76. The van der Waals surface area contributed by atoms with Crippen LogP contribution >= 0.6 is 11.8 Å². The SMILES string of the molecule is CNCc1cc(-c2ccccc2F)n(S(=O)(=O)c2cccc(SC(C)(C)O)c2)c1. The molecule has 8 heteroatoms. The van der Waals surface area contributed by atoms with Crippen molar-refractivity contribution in [3.8, 4) is 11.3 Å². The summed E-state index contributed by atoms with van der Waals surface area (Å²) in [5.74, 6) is -0.496. The zero-order chi connectivity index (χ0) is 21.2. The number of benzene rings is 2. The van der Waals surface area contributed by atoms with Crippen molar-refractivity contribution in [2.45, 2.75) is 35.1 Å². The first-order chi connectivity index (χ1) is 13.6. The van der Waals surface area contributed by atoms with Gasteiger partial charge in [-0.1, -0.05) is 30.0 Å². The predicted octanol–water partition coefficient (Wildman–Crippen LogP) is 4.07. The maximum atomic E-state index is 14.4. The van der Waals surface area contributed by atoms with Crippen molar-refractivity contribution < 1.29 is 17.9 Å². The lowest BCUT2D eigenvalue weighted by atomic mass is 10.1. The largest absolute Gasteiger partial charge is 0.380 e. The second-order valence-corrected chi connectivity index (χ2v) is 10.6. The van der Waals surface area contributed by atoms with Crippen LogP contribution in [0.2, 0.25) is 0 Å². The zero-order valence-electron chi connectivity index (χ0n) is 16.4. The minimum absolute atomic E-state index is 0.0657. The Morgan fingerprint density at radius 2 is 1.86 bits per heavy atom. The molecule has 0 bridgehead atoms. The Morgan fingerprint density at radius 1 is 1.14 bits per heavy atom. The van der Waals surface area contributed by atoms with E-state index in [1.54, 1.807) is 57.3 Å². The van der Waals surface area contributed by atoms with Gasteiger partial charge in [-0.25, -0.2) is 16.8 Å². The second-order valence-electron chi connectivity index (χ2n) is 7.07. The van der Waals surface area contributed by atoms with E-state index in [4.69, 9.17) is 0 Å². The van der Waals surface area contributed by atoms with Gasteiger partial charge in [-0.3, -0.25) is 0 Å². The standard InChI is InChI=1S/C21H23FN2O3S2/c1-21(2,25)28-16-7-6-8-17(12-16)29(26,27)24-14-15(13-23-3)11-20(24)18-9-4-5-10-19(18)22/h4-12,14,23,25H,13H2,1-3H3. The molecule has 2 N–H and O–H groups in total. The van der Waals surface area contributed by atoms with Crippen molar-refractivity contribution in [1.29, 1.82) is 0 Å². The Balaban J connectivity index is 2.14. The van der Waals surface area contributed by atoms with Gasteiger partial charge < -0.3 is 10.4 Å². The van der Waals surface area contributed by atoms with E-state index in [1.807, 2.05) is 0 Å². The summed E-state index contributed by atoms with van der Waals surface area (Å²) in [5.41, 5.74) is 1.19. The van der Waals surface area contributed by atoms with E-state index in [2.05, 4.69) is 5.32 Å². The number of thioether (sulfide) groups is 1. The topological polar surface area (TPSA) is 71.3 Å². The molecular weight excluding hydrogens is 411 g/mol. The number of halogens is 1. The molecule has 0 aliphatic heterocycles. The average Bonchev–Trinajstić information content (AvgIpc) is 3.06. The number of rotatable bonds is 7. The van der Waals surface area contributed by atoms with Crippen LogP contribution in [0.3, 0.4) is 0 Å². The normalized spacial score (nSPS) is 12.3. The van der Waals surface area contributed by atoms with Crippen LogP contribution in [0.25, 0.3) is 11.3 Å². The Bertz CT molecular complexity index is 1120. The monoisotopic (exact) mass is 434 g/mol. The van der Waals surface area contributed by atoms with E-state index < -0.39 is 20.8 Å². The Labute approximate surface area is 174 Å². The van der Waals surface area contributed by atoms with Gasteiger partial charge in [0.2, 0.25) is 0 Å². The number of aliphatic hydroxyl groups is 1. The van der Waals surface area contributed by atoms with Crippen molar-refractivity contribution >= 4 is 21.8 Å². The van der Waals surface area contributed by atoms with Gasteiger partial charge in [0, 0.05) is 23.2 Å². The molecule has 1 heterocycles. The fourth-order valence-corrected chi connectivity index (χ4v) is 5.38. The molecule has 0 aliphatic carbocycles. The Kier molecular flexibility index (Phi) is 6.19. The highest BCUT2D eigenvalue weighted by atomic mass is 32.2. The summed E-state index contributed by atoms with van der Waals surface area (Å²) >= 11 is 1.15. The summed E-state index contributed by atoms with van der Waals surface area (Å²) in [6, 6.07) is 14.1. The van der Waals surface area contributed by atoms with Crippen LogP contribution in [0.5, 0.6) is 0 Å². The lowest BCUT2D eigenvalue weighted by Crippen LogP contribution is -2.15. The minimum Gasteiger partial charge on any atom is -0.380 e. The average molecular weight is 435 g/mol. The molecule has 0 saturated carbocycles. The van der Waals surface area contributed by atoms with Crippen molar-refractivity contribution in [2.75, 3.05) is 7.05 Å². The maximum absolute atomic E-state index is 14.4. The lowest BCUT2D eigenvalue weighted by molar-refractivity contribution is 0.179. The van der Waals surface area contributed by atoms with Crippen LogP contribution in [-0.2, 0) is 16.6 Å². The van der Waals surface area contributed by atoms with Crippen LogP contribution < -0.4 is 5.32 Å². The van der Waals surface area contributed by atoms with Crippen LogP contribution in [0.15, 0.2) is 70.6 Å². The van der Waals surface area contributed by atoms with Crippen molar-refractivity contribution in [3.63, 3.8) is 0 Å². The molecule has 154 valence electrons. The Morgan fingerprint density at radius 3 is 2.52 bits per heavy atom. The van der Waals surface area contributed by atoms with Gasteiger partial charge in [0.15, 0.2) is 0 Å². The molecule has 0 aliphatic rings. The summed E-state index contributed by atoms with van der Waals surface area (Å²) in [6.07, 6.45) is 1.50. The summed E-state index contributed by atoms with van der Waals surface area (Å²) in [4.78, 5) is -0.363. The number of aromatic nitrogens is 1. The summed E-state index contributed by atoms with van der Waals surface area (Å²) < 4.78 is 42.4. The fraction of sp³-hybridized carbons (Fsp3) is 0.238. The number of hydrogen-bond donors (Lipinski definition) is 2. The Hall–Kier alpha value is -2.13. The number of nitrogens with zero attached hydrogens (tertiary/aromatic N) is 1. The molecule has 1 aromatic heterocycles. The molecule has 2 aromatic carbocycles. The zero-order valence-corrected chi connectivity index (χ0v) is 18.0. The molecular formula is C21H23FN2O3S2. The highest BCUT2D eigenvalue weighted by molar-refractivity contribution is 8.00. The van der Waals surface area contributed by atoms with E-state index in [-0.39, 0.29) is 16.2 Å². The van der Waals surface area contributed by atoms with Gasteiger partial charge in [0.1, 0.15) is 10.8 Å². The molecule has 0 amide bonds. The first-order valence-corrected chi connectivity index (χ1v) is 11.3. The van der Waals surface area contributed by atoms with Crippen molar-refractivity contribution in [1.82, 2.24) is 9.29 Å². The number of nitrogens with one attached hydrogen (secondary N) is 1. The second kappa shape index (κ2) is 8.31. The van der Waals surface area contributed by atoms with E-state index in [0.29, 0.717) is 11.4 Å². The maximum Gasteiger partial charge on any atom is 0.268 e. The van der Waals surface area contributed by atoms with Crippen LogP contribution in [-0.4, -0.2) is 29.5 Å². The smallest absolute Gasteiger partial charge is 0.268 e. The van der Waals surface area contributed by atoms with Crippen molar-refractivity contribution in [3.05, 3.63) is 72.2 Å². The fourth-order valence-electron chi connectivity index (χ4n) is 2.96. The minimum atomic E-state index is -3.98. The third-order valence-electron chi connectivity index (χ3n) is 4.10. The molecule has 0 atom stereocenters. The molecule has 3 aromatic rings. The van der Waals surface area contributed by atoms with E-state index >= 15 is 0 Å². The van der Waals surface area contributed by atoms with E-state index in [0.717, 1.165) is 21.3 Å². The molecule has 0 fully saturated rings. The van der Waals surface area contributed by atoms with Crippen LogP contribution in [0.4, 0.5) is 4.39 Å². The van der Waals surface area contributed by atoms with Gasteiger partial charge in [-0.15, -0.1) is 0 Å². The van der Waals surface area contributed by atoms with Crippen LogP contribution in [0, 0.1) is 5.82 Å². The first-order valence-electron chi connectivity index (χ1n) is 8.99. The lowest BCUT2D eigenvalue weighted by Gasteiger charge is -2.17. The highest BCUT2D eigenvalue weighted by Crippen LogP contribution is 2.33. The number of hydrogen-bond acceptors (Lipinski definition) is 5. The van der Waals surface area contributed by atoms with Gasteiger partial charge >= 0.3 is 0 Å². The molecule has 0 saturated heterocycles. The van der Waals surface area contributed by atoms with Gasteiger partial charge in [-0.2, -0.15) is 0 Å². The third kappa shape index (κ3) is 4.90. The van der Waals surface area contributed by atoms with Gasteiger partial charge in [0.05, 0.1) is 10.6 Å². The quantitative estimate of drug-likeness (QED) is 0.433. The molecule has 29 heavy (non-hydrogen) atoms. The first kappa shape index (κ1) is 21.6. The highest BCUT2D eigenvalue weighted by Gasteiger charge is 2.24. The predicted molar refractivity (Wildman–Crippen MR) is 114 cm³/mol. The molecule has 0 unspecified atom stereocenters. The van der Waals surface area contributed by atoms with Gasteiger partial charge in [-0.05, 0) is 62.9 Å². The summed E-state index contributed by atoms with van der Waals surface area (Å²) in [5, 5.41) is 13.0. The summed E-state index contributed by atoms with van der Waals surface area (Å²) in [7, 11) is -2.23. The molecule has 0 radical (unpaired) electrons. The van der Waals surface area contributed by atoms with Gasteiger partial charge in [0.25, 0.3) is 10.0 Å². The summed E-state index contributed by atoms with van der Waals surface area (Å²) in [6.45, 7) is 3.70. The molecule has 5 nitrogen and oxygen atoms in total. The van der Waals surface area contributed by atoms with Crippen molar-refractivity contribution in [2.24, 2.45) is 0 Å². The van der Waals surface area contributed by atoms with E-state index in [1.165, 1.54) is 24.4 Å².